The molecule has 8 heteroatoms. The molecule has 0 amide bonds. The molecule has 2 N–H and O–H groups in total. The molecule has 0 bridgehead atoms. The summed E-state index contributed by atoms with van der Waals surface area (Å²) in [6, 6.07) is 3.85. The molecule has 1 heterocycles. The minimum absolute atomic E-state index is 0.0446. The van der Waals surface area contributed by atoms with Crippen molar-refractivity contribution in [1.82, 2.24) is 9.55 Å². The monoisotopic (exact) mass is 284 g/mol. The summed E-state index contributed by atoms with van der Waals surface area (Å²) in [6.45, 7) is 2.05. The Kier molecular flexibility index (Phi) is 3.29. The van der Waals surface area contributed by atoms with E-state index in [2.05, 4.69) is 4.98 Å². The highest BCUT2D eigenvalue weighted by Crippen LogP contribution is 2.17. The average Bonchev–Trinajstić information content (AvgIpc) is 2.32. The van der Waals surface area contributed by atoms with Crippen LogP contribution in [0.15, 0.2) is 32.7 Å². The smallest absolute Gasteiger partial charge is 0.305 e. The third-order valence-corrected chi connectivity index (χ3v) is 3.60. The quantitative estimate of drug-likeness (QED) is 0.790. The maximum Gasteiger partial charge on any atom is 0.328 e. The fourth-order valence-corrected chi connectivity index (χ4v) is 2.56. The van der Waals surface area contributed by atoms with Crippen molar-refractivity contribution in [3.05, 3.63) is 39.0 Å². The van der Waals surface area contributed by atoms with Crippen LogP contribution >= 0.6 is 0 Å². The zero-order valence-corrected chi connectivity index (χ0v) is 10.9. The van der Waals surface area contributed by atoms with Gasteiger partial charge in [-0.2, -0.15) is 8.42 Å². The van der Waals surface area contributed by atoms with Gasteiger partial charge in [-0.15, -0.1) is 0 Å². The molecule has 0 saturated heterocycles. The predicted molar refractivity (Wildman–Crippen MR) is 68.9 cm³/mol. The molecule has 0 spiro atoms. The van der Waals surface area contributed by atoms with Crippen molar-refractivity contribution in [3.8, 4) is 0 Å². The van der Waals surface area contributed by atoms with Gasteiger partial charge in [-0.25, -0.2) is 4.79 Å². The first-order valence-electron chi connectivity index (χ1n) is 5.59. The van der Waals surface area contributed by atoms with Gasteiger partial charge in [0.1, 0.15) is 4.90 Å². The Balaban J connectivity index is 2.97. The van der Waals surface area contributed by atoms with Crippen LogP contribution in [0.2, 0.25) is 0 Å². The van der Waals surface area contributed by atoms with Gasteiger partial charge in [-0.1, -0.05) is 13.0 Å². The number of aromatic amines is 1. The number of hydrogen-bond acceptors (Lipinski definition) is 4. The van der Waals surface area contributed by atoms with E-state index in [1.165, 1.54) is 12.1 Å². The van der Waals surface area contributed by atoms with Crippen molar-refractivity contribution in [3.63, 3.8) is 0 Å². The molecule has 0 fully saturated rings. The van der Waals surface area contributed by atoms with E-state index in [9.17, 15) is 18.0 Å². The molecule has 19 heavy (non-hydrogen) atoms. The normalized spacial score (nSPS) is 11.9. The summed E-state index contributed by atoms with van der Waals surface area (Å²) in [5, 5.41) is 0.0446. The molecule has 0 aliphatic heterocycles. The first-order chi connectivity index (χ1) is 8.86. The molecular weight excluding hydrogens is 272 g/mol. The van der Waals surface area contributed by atoms with E-state index >= 15 is 0 Å². The average molecular weight is 284 g/mol. The Hall–Kier alpha value is -1.93. The highest BCUT2D eigenvalue weighted by Gasteiger charge is 2.17. The number of hydrogen-bond donors (Lipinski definition) is 2. The summed E-state index contributed by atoms with van der Waals surface area (Å²) >= 11 is 0. The van der Waals surface area contributed by atoms with Crippen LogP contribution in [0.5, 0.6) is 0 Å². The van der Waals surface area contributed by atoms with Crippen LogP contribution in [0, 0.1) is 0 Å². The molecule has 1 aromatic carbocycles. The summed E-state index contributed by atoms with van der Waals surface area (Å²) < 4.78 is 32.5. The fraction of sp³-hybridized carbons (Fsp3) is 0.273. The lowest BCUT2D eigenvalue weighted by Crippen LogP contribution is -2.35. The second-order valence-corrected chi connectivity index (χ2v) is 5.43. The third-order valence-electron chi connectivity index (χ3n) is 2.70. The molecule has 1 aromatic heterocycles. The highest BCUT2D eigenvalue weighted by atomic mass is 32.2. The topological polar surface area (TPSA) is 109 Å². The summed E-state index contributed by atoms with van der Waals surface area (Å²) in [6.07, 6.45) is 0.590. The van der Waals surface area contributed by atoms with Gasteiger partial charge in [0.05, 0.1) is 10.9 Å². The maximum absolute atomic E-state index is 12.1. The van der Waals surface area contributed by atoms with E-state index in [1.54, 1.807) is 0 Å². The van der Waals surface area contributed by atoms with E-state index < -0.39 is 26.3 Å². The van der Waals surface area contributed by atoms with Crippen LogP contribution in [0.4, 0.5) is 0 Å². The summed E-state index contributed by atoms with van der Waals surface area (Å²) in [5.41, 5.74) is -1.45. The van der Waals surface area contributed by atoms with Gasteiger partial charge < -0.3 is 4.98 Å². The number of aromatic nitrogens is 2. The Morgan fingerprint density at radius 2 is 2.00 bits per heavy atom. The SMILES string of the molecule is CCCn1c(=O)[nH]c2c(S(=O)(=O)O)cccc2c1=O. The maximum atomic E-state index is 12.1. The van der Waals surface area contributed by atoms with Crippen LogP contribution in [-0.2, 0) is 16.7 Å². The molecule has 0 radical (unpaired) electrons. The molecule has 7 nitrogen and oxygen atoms in total. The number of fused-ring (bicyclic) bond motifs is 1. The standard InChI is InChI=1S/C11H12N2O5S/c1-2-6-13-10(14)7-4-3-5-8(19(16,17)18)9(7)12-11(13)15/h3-5H,2,6H2,1H3,(H,12,15)(H,16,17,18). The van der Waals surface area contributed by atoms with Gasteiger partial charge in [0.15, 0.2) is 0 Å². The van der Waals surface area contributed by atoms with E-state index in [-0.39, 0.29) is 17.4 Å². The lowest BCUT2D eigenvalue weighted by molar-refractivity contribution is 0.484. The van der Waals surface area contributed by atoms with Gasteiger partial charge in [0.2, 0.25) is 0 Å². The summed E-state index contributed by atoms with van der Waals surface area (Å²) in [4.78, 5) is 25.7. The van der Waals surface area contributed by atoms with E-state index in [1.807, 2.05) is 6.92 Å². The fourth-order valence-electron chi connectivity index (χ4n) is 1.89. The number of nitrogens with one attached hydrogen (secondary N) is 1. The van der Waals surface area contributed by atoms with Crippen LogP contribution in [0.25, 0.3) is 10.9 Å². The summed E-state index contributed by atoms with van der Waals surface area (Å²) in [5.74, 6) is 0. The molecule has 102 valence electrons. The van der Waals surface area contributed by atoms with Gasteiger partial charge in [0.25, 0.3) is 15.7 Å². The molecule has 0 atom stereocenters. The van der Waals surface area contributed by atoms with Gasteiger partial charge in [-0.3, -0.25) is 13.9 Å². The first kappa shape index (κ1) is 13.5. The van der Waals surface area contributed by atoms with Gasteiger partial charge in [0, 0.05) is 6.54 Å². The van der Waals surface area contributed by atoms with E-state index in [0.29, 0.717) is 6.42 Å². The molecule has 0 unspecified atom stereocenters. The Morgan fingerprint density at radius 3 is 2.58 bits per heavy atom. The predicted octanol–water partition coefficient (Wildman–Crippen LogP) is 0.346. The zero-order valence-electron chi connectivity index (χ0n) is 10.1. The van der Waals surface area contributed by atoms with E-state index in [0.717, 1.165) is 10.6 Å². The third kappa shape index (κ3) is 2.32. The van der Waals surface area contributed by atoms with Gasteiger partial charge >= 0.3 is 5.69 Å². The highest BCUT2D eigenvalue weighted by molar-refractivity contribution is 7.86. The Bertz CT molecular complexity index is 847. The van der Waals surface area contributed by atoms with Crippen molar-refractivity contribution >= 4 is 21.0 Å². The van der Waals surface area contributed by atoms with Crippen molar-refractivity contribution in [2.45, 2.75) is 24.8 Å². The second-order valence-electron chi connectivity index (χ2n) is 4.04. The number of para-hydroxylation sites is 1. The lowest BCUT2D eigenvalue weighted by atomic mass is 10.2. The molecule has 2 rings (SSSR count). The van der Waals surface area contributed by atoms with Crippen molar-refractivity contribution in [2.24, 2.45) is 0 Å². The minimum Gasteiger partial charge on any atom is -0.305 e. The Labute approximate surface area is 108 Å². The van der Waals surface area contributed by atoms with Crippen LogP contribution in [-0.4, -0.2) is 22.5 Å². The summed E-state index contributed by atoms with van der Waals surface area (Å²) in [7, 11) is -4.51. The van der Waals surface area contributed by atoms with Crippen molar-refractivity contribution < 1.29 is 13.0 Å². The Morgan fingerprint density at radius 1 is 1.32 bits per heavy atom. The van der Waals surface area contributed by atoms with Gasteiger partial charge in [-0.05, 0) is 18.6 Å². The van der Waals surface area contributed by atoms with Crippen LogP contribution < -0.4 is 11.2 Å². The second kappa shape index (κ2) is 4.63. The number of rotatable bonds is 3. The molecule has 0 aliphatic carbocycles. The number of H-pyrrole nitrogens is 1. The van der Waals surface area contributed by atoms with E-state index in [4.69, 9.17) is 4.55 Å². The molecule has 2 aromatic rings. The number of benzene rings is 1. The van der Waals surface area contributed by atoms with Crippen LogP contribution in [0.3, 0.4) is 0 Å². The van der Waals surface area contributed by atoms with Crippen LogP contribution in [0.1, 0.15) is 13.3 Å². The number of nitrogens with zero attached hydrogens (tertiary/aromatic N) is 1. The zero-order chi connectivity index (χ0) is 14.2. The minimum atomic E-state index is -4.51. The van der Waals surface area contributed by atoms with Crippen molar-refractivity contribution in [1.29, 1.82) is 0 Å². The molecule has 0 aliphatic rings. The first-order valence-corrected chi connectivity index (χ1v) is 7.03. The molecular formula is C11H12N2O5S. The molecule has 0 saturated carbocycles. The van der Waals surface area contributed by atoms with Crippen molar-refractivity contribution in [2.75, 3.05) is 0 Å². The lowest BCUT2D eigenvalue weighted by Gasteiger charge is -2.07. The largest absolute Gasteiger partial charge is 0.328 e.